The summed E-state index contributed by atoms with van der Waals surface area (Å²) in [6.45, 7) is 5.97. The number of carboxylic acid groups (broad SMARTS) is 1. The third kappa shape index (κ3) is 4.72. The minimum Gasteiger partial charge on any atom is -0.465 e. The highest BCUT2D eigenvalue weighted by atomic mass is 79.9. The normalized spacial score (nSPS) is 15.3. The largest absolute Gasteiger partial charge is 0.465 e. The lowest BCUT2D eigenvalue weighted by atomic mass is 9.87. The number of urea groups is 1. The number of aryl methyl sites for hydroxylation is 1. The summed E-state index contributed by atoms with van der Waals surface area (Å²) in [5, 5.41) is 12.5. The molecule has 0 fully saturated rings. The van der Waals surface area contributed by atoms with E-state index in [4.69, 9.17) is 0 Å². The van der Waals surface area contributed by atoms with Crippen molar-refractivity contribution in [1.29, 1.82) is 0 Å². The number of fused-ring (bicyclic) bond motifs is 1. The molecule has 0 aliphatic heterocycles. The lowest BCUT2D eigenvalue weighted by Crippen LogP contribution is -2.48. The van der Waals surface area contributed by atoms with Gasteiger partial charge < -0.3 is 15.3 Å². The van der Waals surface area contributed by atoms with Gasteiger partial charge in [0.1, 0.15) is 0 Å². The van der Waals surface area contributed by atoms with Crippen molar-refractivity contribution in [1.82, 2.24) is 4.90 Å². The number of nitrogens with one attached hydrogen (secondary N) is 1. The van der Waals surface area contributed by atoms with Crippen LogP contribution in [0.3, 0.4) is 0 Å². The first-order chi connectivity index (χ1) is 13.9. The van der Waals surface area contributed by atoms with Gasteiger partial charge >= 0.3 is 12.1 Å². The van der Waals surface area contributed by atoms with Crippen molar-refractivity contribution in [3.8, 4) is 0 Å². The minimum absolute atomic E-state index is 0.395. The zero-order valence-corrected chi connectivity index (χ0v) is 18.3. The molecule has 0 bridgehead atoms. The number of rotatable bonds is 5. The van der Waals surface area contributed by atoms with Crippen LogP contribution in [0.1, 0.15) is 31.4 Å². The lowest BCUT2D eigenvalue weighted by Gasteiger charge is -2.32. The molecular formula is C22H26BrN3O3. The molecule has 1 aliphatic carbocycles. The number of imide groups is 1. The summed E-state index contributed by atoms with van der Waals surface area (Å²) in [6, 6.07) is 12.4. The topological polar surface area (TPSA) is 72.9 Å². The molecule has 0 heterocycles. The summed E-state index contributed by atoms with van der Waals surface area (Å²) >= 11 is 3.55. The van der Waals surface area contributed by atoms with Crippen LogP contribution in [0.25, 0.3) is 0 Å². The lowest BCUT2D eigenvalue weighted by molar-refractivity contribution is 0.133. The molecule has 0 radical (unpaired) electrons. The van der Waals surface area contributed by atoms with Gasteiger partial charge in [-0.05, 0) is 74.6 Å². The van der Waals surface area contributed by atoms with E-state index in [1.54, 1.807) is 12.1 Å². The zero-order valence-electron chi connectivity index (χ0n) is 16.7. The number of benzene rings is 2. The highest BCUT2D eigenvalue weighted by molar-refractivity contribution is 9.10. The number of halogens is 1. The fourth-order valence-corrected chi connectivity index (χ4v) is 4.45. The highest BCUT2D eigenvalue weighted by Gasteiger charge is 2.33. The van der Waals surface area contributed by atoms with Crippen LogP contribution < -0.4 is 10.2 Å². The monoisotopic (exact) mass is 459 g/mol. The summed E-state index contributed by atoms with van der Waals surface area (Å²) in [5.74, 6) is 0. The van der Waals surface area contributed by atoms with Crippen LogP contribution in [-0.4, -0.2) is 41.3 Å². The van der Waals surface area contributed by atoms with E-state index in [-0.39, 0.29) is 0 Å². The maximum atomic E-state index is 12.8. The van der Waals surface area contributed by atoms with Gasteiger partial charge in [0.25, 0.3) is 0 Å². The third-order valence-corrected chi connectivity index (χ3v) is 6.18. The van der Waals surface area contributed by atoms with Crippen molar-refractivity contribution >= 4 is 39.4 Å². The molecular weight excluding hydrogens is 434 g/mol. The van der Waals surface area contributed by atoms with Crippen LogP contribution in [-0.2, 0) is 12.8 Å². The van der Waals surface area contributed by atoms with Crippen molar-refractivity contribution in [2.45, 2.75) is 39.2 Å². The molecule has 1 atom stereocenters. The van der Waals surface area contributed by atoms with E-state index in [1.807, 2.05) is 24.3 Å². The van der Waals surface area contributed by atoms with E-state index in [1.165, 1.54) is 5.56 Å². The van der Waals surface area contributed by atoms with Gasteiger partial charge in [-0.15, -0.1) is 0 Å². The molecule has 6 nitrogen and oxygen atoms in total. The Hall–Kier alpha value is -2.54. The fraction of sp³-hybridized carbons (Fsp3) is 0.364. The molecule has 2 N–H and O–H groups in total. The van der Waals surface area contributed by atoms with E-state index < -0.39 is 18.2 Å². The average molecular weight is 460 g/mol. The number of carbonyl (C=O) groups is 2. The van der Waals surface area contributed by atoms with Gasteiger partial charge in [-0.3, -0.25) is 0 Å². The first kappa shape index (κ1) is 21.2. The summed E-state index contributed by atoms with van der Waals surface area (Å²) < 4.78 is 0.956. The van der Waals surface area contributed by atoms with Crippen LogP contribution in [0.15, 0.2) is 46.9 Å². The summed E-state index contributed by atoms with van der Waals surface area (Å²) in [4.78, 5) is 27.8. The Labute approximate surface area is 179 Å². The van der Waals surface area contributed by atoms with E-state index in [2.05, 4.69) is 46.1 Å². The van der Waals surface area contributed by atoms with Crippen LogP contribution in [0.4, 0.5) is 21.0 Å². The second kappa shape index (κ2) is 9.31. The summed E-state index contributed by atoms with van der Waals surface area (Å²) in [6.07, 6.45) is 0.638. The van der Waals surface area contributed by atoms with Crippen molar-refractivity contribution in [2.75, 3.05) is 23.3 Å². The van der Waals surface area contributed by atoms with E-state index >= 15 is 0 Å². The number of carbonyl (C=O) groups excluding carboxylic acids is 1. The van der Waals surface area contributed by atoms with E-state index in [0.717, 1.165) is 40.1 Å². The Morgan fingerprint density at radius 1 is 1.14 bits per heavy atom. The average Bonchev–Trinajstić information content (AvgIpc) is 2.70. The van der Waals surface area contributed by atoms with Gasteiger partial charge in [0.05, 0.1) is 0 Å². The summed E-state index contributed by atoms with van der Waals surface area (Å²) in [7, 11) is 0. The number of anilines is 2. The maximum absolute atomic E-state index is 12.8. The molecule has 3 rings (SSSR count). The highest BCUT2D eigenvalue weighted by Crippen LogP contribution is 2.30. The van der Waals surface area contributed by atoms with Crippen molar-refractivity contribution in [2.24, 2.45) is 0 Å². The SMILES string of the molecule is CCN(CC)c1ccc(NC(=O)N(C(=O)O)C2CCc3cccc(Br)c3C2)cc1. The molecule has 2 aromatic carbocycles. The van der Waals surface area contributed by atoms with Crippen LogP contribution >= 0.6 is 15.9 Å². The molecule has 0 spiro atoms. The Morgan fingerprint density at radius 3 is 2.45 bits per heavy atom. The van der Waals surface area contributed by atoms with Gasteiger partial charge in [-0.2, -0.15) is 0 Å². The Bertz CT molecular complexity index is 881. The zero-order chi connectivity index (χ0) is 21.0. The van der Waals surface area contributed by atoms with Gasteiger partial charge in [0.15, 0.2) is 0 Å². The number of nitrogens with zero attached hydrogens (tertiary/aromatic N) is 2. The second-order valence-corrected chi connectivity index (χ2v) is 7.93. The second-order valence-electron chi connectivity index (χ2n) is 7.08. The Kier molecular flexibility index (Phi) is 6.79. The smallest absolute Gasteiger partial charge is 0.415 e. The van der Waals surface area contributed by atoms with Gasteiger partial charge in [0.2, 0.25) is 0 Å². The molecule has 29 heavy (non-hydrogen) atoms. The standard InChI is InChI=1S/C22H26BrN3O3/c1-3-25(4-2)17-12-9-16(10-13-17)24-21(27)26(22(28)29)18-11-8-15-6-5-7-20(23)19(15)14-18/h5-7,9-10,12-13,18H,3-4,8,11,14H2,1-2H3,(H,24,27)(H,28,29). The number of hydrogen-bond donors (Lipinski definition) is 2. The van der Waals surface area contributed by atoms with Crippen LogP contribution in [0.5, 0.6) is 0 Å². The molecule has 2 aromatic rings. The van der Waals surface area contributed by atoms with Crippen molar-refractivity contribution < 1.29 is 14.7 Å². The number of amides is 3. The molecule has 0 saturated carbocycles. The molecule has 1 aliphatic rings. The van der Waals surface area contributed by atoms with Crippen LogP contribution in [0, 0.1) is 0 Å². The van der Waals surface area contributed by atoms with Crippen LogP contribution in [0.2, 0.25) is 0 Å². The molecule has 1 unspecified atom stereocenters. The minimum atomic E-state index is -1.23. The van der Waals surface area contributed by atoms with Crippen molar-refractivity contribution in [3.63, 3.8) is 0 Å². The first-order valence-electron chi connectivity index (χ1n) is 9.89. The molecule has 154 valence electrons. The van der Waals surface area contributed by atoms with Gasteiger partial charge in [-0.25, -0.2) is 14.5 Å². The first-order valence-corrected chi connectivity index (χ1v) is 10.7. The molecule has 3 amide bonds. The molecule has 0 aromatic heterocycles. The van der Waals surface area contributed by atoms with Gasteiger partial charge in [0, 0.05) is 35.0 Å². The van der Waals surface area contributed by atoms with Crippen molar-refractivity contribution in [3.05, 3.63) is 58.1 Å². The Balaban J connectivity index is 1.74. The predicted octanol–water partition coefficient (Wildman–Crippen LogP) is 5.36. The molecule has 7 heteroatoms. The summed E-state index contributed by atoms with van der Waals surface area (Å²) in [5.41, 5.74) is 3.92. The fourth-order valence-electron chi connectivity index (χ4n) is 3.88. The quantitative estimate of drug-likeness (QED) is 0.630. The third-order valence-electron chi connectivity index (χ3n) is 5.44. The maximum Gasteiger partial charge on any atom is 0.415 e. The Morgan fingerprint density at radius 2 is 1.83 bits per heavy atom. The van der Waals surface area contributed by atoms with Gasteiger partial charge in [-0.1, -0.05) is 28.1 Å². The molecule has 0 saturated heterocycles. The number of hydrogen-bond acceptors (Lipinski definition) is 3. The van der Waals surface area contributed by atoms with E-state index in [0.29, 0.717) is 18.5 Å². The predicted molar refractivity (Wildman–Crippen MR) is 119 cm³/mol. The van der Waals surface area contributed by atoms with E-state index in [9.17, 15) is 14.7 Å².